The highest BCUT2D eigenvalue weighted by atomic mass is 32.1. The zero-order valence-electron chi connectivity index (χ0n) is 14.4. The third kappa shape index (κ3) is 5.25. The molecule has 0 bridgehead atoms. The van der Waals surface area contributed by atoms with Crippen LogP contribution in [0.3, 0.4) is 0 Å². The highest BCUT2D eigenvalue weighted by Crippen LogP contribution is 2.17. The molecule has 0 saturated heterocycles. The number of rotatable bonds is 7. The fourth-order valence-electron chi connectivity index (χ4n) is 2.20. The molecule has 0 aliphatic heterocycles. The maximum absolute atomic E-state index is 10.3. The Hall–Kier alpha value is -2.05. The molecule has 0 amide bonds. The van der Waals surface area contributed by atoms with Crippen LogP contribution >= 0.6 is 11.3 Å². The second kappa shape index (κ2) is 9.30. The Morgan fingerprint density at radius 1 is 1.25 bits per heavy atom. The summed E-state index contributed by atoms with van der Waals surface area (Å²) in [5, 5.41) is 18.8. The molecule has 3 N–H and O–H groups in total. The van der Waals surface area contributed by atoms with Crippen molar-refractivity contribution >= 4 is 17.3 Å². The molecule has 6 heteroatoms. The van der Waals surface area contributed by atoms with E-state index < -0.39 is 6.10 Å². The first-order chi connectivity index (χ1) is 11.6. The van der Waals surface area contributed by atoms with Gasteiger partial charge in [0.1, 0.15) is 5.75 Å². The lowest BCUT2D eigenvalue weighted by molar-refractivity contribution is 0.180. The van der Waals surface area contributed by atoms with Crippen LogP contribution in [-0.2, 0) is 6.54 Å². The molecule has 2 aromatic rings. The van der Waals surface area contributed by atoms with E-state index >= 15 is 0 Å². The van der Waals surface area contributed by atoms with Gasteiger partial charge in [-0.25, -0.2) is 4.99 Å². The summed E-state index contributed by atoms with van der Waals surface area (Å²) in [6, 6.07) is 9.52. The molecule has 1 unspecified atom stereocenters. The zero-order valence-corrected chi connectivity index (χ0v) is 15.2. The predicted molar refractivity (Wildman–Crippen MR) is 99.8 cm³/mol. The lowest BCUT2D eigenvalue weighted by Crippen LogP contribution is -2.39. The van der Waals surface area contributed by atoms with Crippen molar-refractivity contribution in [3.63, 3.8) is 0 Å². The van der Waals surface area contributed by atoms with E-state index in [9.17, 15) is 5.11 Å². The first kappa shape index (κ1) is 18.3. The second-order valence-electron chi connectivity index (χ2n) is 5.39. The van der Waals surface area contributed by atoms with Crippen LogP contribution in [-0.4, -0.2) is 31.3 Å². The lowest BCUT2D eigenvalue weighted by atomic mass is 10.1. The van der Waals surface area contributed by atoms with Crippen molar-refractivity contribution in [3.8, 4) is 5.75 Å². The van der Waals surface area contributed by atoms with E-state index in [2.05, 4.69) is 34.0 Å². The third-order valence-electron chi connectivity index (χ3n) is 3.66. The van der Waals surface area contributed by atoms with Gasteiger partial charge in [-0.05, 0) is 48.6 Å². The summed E-state index contributed by atoms with van der Waals surface area (Å²) in [7, 11) is 1.63. The predicted octanol–water partition coefficient (Wildman–Crippen LogP) is 2.85. The van der Waals surface area contributed by atoms with E-state index in [-0.39, 0.29) is 0 Å². The molecule has 0 radical (unpaired) electrons. The van der Waals surface area contributed by atoms with Crippen molar-refractivity contribution in [1.29, 1.82) is 0 Å². The Morgan fingerprint density at radius 2 is 2.00 bits per heavy atom. The molecule has 1 aromatic heterocycles. The minimum Gasteiger partial charge on any atom is -0.497 e. The number of hydrogen-bond donors (Lipinski definition) is 3. The number of aliphatic hydroxyl groups excluding tert-OH is 1. The van der Waals surface area contributed by atoms with Gasteiger partial charge in [0.05, 0.1) is 19.8 Å². The molecular weight excluding hydrogens is 322 g/mol. The number of aliphatic imine (C=N–C) groups is 1. The number of thiophene rings is 1. The van der Waals surface area contributed by atoms with Crippen LogP contribution in [0.1, 0.15) is 29.0 Å². The van der Waals surface area contributed by atoms with Gasteiger partial charge >= 0.3 is 0 Å². The van der Waals surface area contributed by atoms with Gasteiger partial charge in [-0.15, -0.1) is 11.3 Å². The van der Waals surface area contributed by atoms with Gasteiger partial charge in [0.2, 0.25) is 0 Å². The summed E-state index contributed by atoms with van der Waals surface area (Å²) in [5.41, 5.74) is 2.10. The molecule has 24 heavy (non-hydrogen) atoms. The van der Waals surface area contributed by atoms with Crippen LogP contribution in [0, 0.1) is 6.92 Å². The highest BCUT2D eigenvalue weighted by molar-refractivity contribution is 7.10. The molecule has 1 atom stereocenters. The number of aliphatic hydroxyl groups is 1. The summed E-state index contributed by atoms with van der Waals surface area (Å²) in [4.78, 5) is 5.84. The van der Waals surface area contributed by atoms with E-state index in [1.807, 2.05) is 31.2 Å². The van der Waals surface area contributed by atoms with Crippen LogP contribution in [0.5, 0.6) is 5.75 Å². The van der Waals surface area contributed by atoms with E-state index in [0.29, 0.717) is 19.0 Å². The van der Waals surface area contributed by atoms with Crippen molar-refractivity contribution in [2.75, 3.05) is 20.2 Å². The summed E-state index contributed by atoms with van der Waals surface area (Å²) in [5.74, 6) is 1.48. The number of hydrogen-bond acceptors (Lipinski definition) is 4. The van der Waals surface area contributed by atoms with Crippen LogP contribution in [0.15, 0.2) is 40.7 Å². The number of nitrogens with one attached hydrogen (secondary N) is 2. The summed E-state index contributed by atoms with van der Waals surface area (Å²) in [6.07, 6.45) is -0.608. The van der Waals surface area contributed by atoms with E-state index in [0.717, 1.165) is 17.9 Å². The van der Waals surface area contributed by atoms with E-state index in [1.54, 1.807) is 18.4 Å². The van der Waals surface area contributed by atoms with Crippen LogP contribution < -0.4 is 15.4 Å². The molecule has 0 spiro atoms. The first-order valence-electron chi connectivity index (χ1n) is 8.01. The summed E-state index contributed by atoms with van der Waals surface area (Å²) < 4.78 is 5.13. The quantitative estimate of drug-likeness (QED) is 0.532. The fraction of sp³-hybridized carbons (Fsp3) is 0.389. The molecule has 2 rings (SSSR count). The smallest absolute Gasteiger partial charge is 0.191 e. The minimum atomic E-state index is -0.608. The van der Waals surface area contributed by atoms with E-state index in [4.69, 9.17) is 4.74 Å². The molecule has 0 fully saturated rings. The van der Waals surface area contributed by atoms with Crippen molar-refractivity contribution in [3.05, 3.63) is 51.7 Å². The van der Waals surface area contributed by atoms with Gasteiger partial charge in [-0.1, -0.05) is 12.1 Å². The molecule has 1 aromatic carbocycles. The molecule has 0 aliphatic carbocycles. The highest BCUT2D eigenvalue weighted by Gasteiger charge is 2.09. The first-order valence-corrected chi connectivity index (χ1v) is 8.89. The Balaban J connectivity index is 1.93. The fourth-order valence-corrected chi connectivity index (χ4v) is 3.03. The number of nitrogens with zero attached hydrogens (tertiary/aromatic N) is 1. The number of benzene rings is 1. The maximum atomic E-state index is 10.3. The largest absolute Gasteiger partial charge is 0.497 e. The number of methoxy groups -OCH3 is 1. The van der Waals surface area contributed by atoms with Crippen LogP contribution in [0.4, 0.5) is 0 Å². The van der Waals surface area contributed by atoms with Gasteiger partial charge in [0.15, 0.2) is 5.96 Å². The van der Waals surface area contributed by atoms with Crippen LogP contribution in [0.2, 0.25) is 0 Å². The monoisotopic (exact) mass is 347 g/mol. The van der Waals surface area contributed by atoms with Gasteiger partial charge < -0.3 is 20.5 Å². The summed E-state index contributed by atoms with van der Waals surface area (Å²) >= 11 is 1.71. The second-order valence-corrected chi connectivity index (χ2v) is 6.39. The van der Waals surface area contributed by atoms with Gasteiger partial charge in [-0.2, -0.15) is 0 Å². The molecule has 1 heterocycles. The Labute approximate surface area is 147 Å². The van der Waals surface area contributed by atoms with Gasteiger partial charge in [0, 0.05) is 18.0 Å². The number of aryl methyl sites for hydroxylation is 1. The molecule has 0 aliphatic rings. The normalized spacial score (nSPS) is 12.8. The maximum Gasteiger partial charge on any atom is 0.191 e. The van der Waals surface area contributed by atoms with Crippen molar-refractivity contribution in [2.24, 2.45) is 4.99 Å². The third-order valence-corrected chi connectivity index (χ3v) is 4.66. The SMILES string of the molecule is CCNC(=NCc1sccc1C)NCC(O)c1ccc(OC)cc1. The average molecular weight is 347 g/mol. The Morgan fingerprint density at radius 3 is 2.58 bits per heavy atom. The van der Waals surface area contributed by atoms with E-state index in [1.165, 1.54) is 10.4 Å². The average Bonchev–Trinajstić information content (AvgIpc) is 3.02. The standard InChI is InChI=1S/C18H25N3O2S/c1-4-19-18(21-12-17-13(2)9-10-24-17)20-11-16(22)14-5-7-15(23-3)8-6-14/h5-10,16,22H,4,11-12H2,1-3H3,(H2,19,20,21). The Kier molecular flexibility index (Phi) is 7.08. The molecule has 5 nitrogen and oxygen atoms in total. The molecular formula is C18H25N3O2S. The van der Waals surface area contributed by atoms with Crippen molar-refractivity contribution in [2.45, 2.75) is 26.5 Å². The zero-order chi connectivity index (χ0) is 17.4. The Bertz CT molecular complexity index is 653. The number of ether oxygens (including phenoxy) is 1. The minimum absolute atomic E-state index is 0.390. The van der Waals surface area contributed by atoms with Gasteiger partial charge in [0.25, 0.3) is 0 Å². The van der Waals surface area contributed by atoms with Crippen LogP contribution in [0.25, 0.3) is 0 Å². The van der Waals surface area contributed by atoms with Crippen molar-refractivity contribution in [1.82, 2.24) is 10.6 Å². The molecule has 0 saturated carbocycles. The summed E-state index contributed by atoms with van der Waals surface area (Å²) in [6.45, 7) is 5.91. The molecule has 130 valence electrons. The van der Waals surface area contributed by atoms with Crippen molar-refractivity contribution < 1.29 is 9.84 Å². The lowest BCUT2D eigenvalue weighted by Gasteiger charge is -2.16. The van der Waals surface area contributed by atoms with Gasteiger partial charge in [-0.3, -0.25) is 0 Å². The topological polar surface area (TPSA) is 65.9 Å². The number of guanidine groups is 1.